The van der Waals surface area contributed by atoms with Crippen molar-refractivity contribution in [2.24, 2.45) is 5.92 Å². The Balaban J connectivity index is 2.72. The fourth-order valence-electron chi connectivity index (χ4n) is 3.14. The van der Waals surface area contributed by atoms with Gasteiger partial charge < -0.3 is 13.8 Å². The normalized spacial score (nSPS) is 12.8. The van der Waals surface area contributed by atoms with Crippen molar-refractivity contribution in [1.82, 2.24) is 4.31 Å². The predicted octanol–water partition coefficient (Wildman–Crippen LogP) is 5.96. The second kappa shape index (κ2) is 11.8. The molecule has 7 nitrogen and oxygen atoms in total. The molecule has 0 aliphatic heterocycles. The summed E-state index contributed by atoms with van der Waals surface area (Å²) in [5.74, 6) is 0.541. The maximum Gasteiger partial charge on any atom is 0.377 e. The molecule has 0 amide bonds. The van der Waals surface area contributed by atoms with Gasteiger partial charge in [0.15, 0.2) is 0 Å². The Morgan fingerprint density at radius 3 is 2.00 bits per heavy atom. The summed E-state index contributed by atoms with van der Waals surface area (Å²) in [7, 11) is -6.47. The molecule has 0 saturated carbocycles. The number of hydrogen-bond acceptors (Lipinski definition) is 6. The number of hydrogen-bond donors (Lipinski definition) is 0. The topological polar surface area (TPSA) is 82.1 Å². The highest BCUT2D eigenvalue weighted by Crippen LogP contribution is 2.58. The van der Waals surface area contributed by atoms with Gasteiger partial charge in [0.2, 0.25) is 0 Å². The minimum absolute atomic E-state index is 0.0117. The molecule has 182 valence electrons. The first-order chi connectivity index (χ1) is 15.6. The summed E-state index contributed by atoms with van der Waals surface area (Å²) in [6.45, 7) is 9.19. The number of benzene rings is 2. The summed E-state index contributed by atoms with van der Waals surface area (Å²) in [6, 6.07) is 13.6. The van der Waals surface area contributed by atoms with Crippen LogP contribution in [-0.4, -0.2) is 33.0 Å². The average molecular weight is 496 g/mol. The van der Waals surface area contributed by atoms with Gasteiger partial charge in [-0.25, -0.2) is 8.42 Å². The van der Waals surface area contributed by atoms with Crippen LogP contribution in [0.2, 0.25) is 0 Å². The molecule has 0 spiro atoms. The lowest BCUT2D eigenvalue weighted by molar-refractivity contribution is 0.219. The average Bonchev–Trinajstić information content (AvgIpc) is 2.77. The van der Waals surface area contributed by atoms with Crippen molar-refractivity contribution < 1.29 is 26.8 Å². The predicted molar refractivity (Wildman–Crippen MR) is 131 cm³/mol. The van der Waals surface area contributed by atoms with Crippen molar-refractivity contribution in [3.8, 4) is 5.75 Å². The SMILES string of the molecule is CCOP(=O)(OCC)/C(=C\C(C)C)N(Cc1ccc(OC)cc1)S(=O)(=O)c1ccc(C)cc1. The van der Waals surface area contributed by atoms with E-state index in [1.54, 1.807) is 75.6 Å². The van der Waals surface area contributed by atoms with Crippen molar-refractivity contribution in [2.75, 3.05) is 20.3 Å². The largest absolute Gasteiger partial charge is 0.497 e. The molecule has 0 heterocycles. The van der Waals surface area contributed by atoms with Crippen LogP contribution in [0.1, 0.15) is 38.8 Å². The molecule has 2 aromatic rings. The smallest absolute Gasteiger partial charge is 0.377 e. The Bertz CT molecular complexity index is 1070. The Morgan fingerprint density at radius 2 is 1.55 bits per heavy atom. The lowest BCUT2D eigenvalue weighted by Gasteiger charge is -2.31. The van der Waals surface area contributed by atoms with Gasteiger partial charge in [0.1, 0.15) is 11.2 Å². The van der Waals surface area contributed by atoms with Crippen LogP contribution in [0.3, 0.4) is 0 Å². The molecule has 0 fully saturated rings. The third-order valence-corrected chi connectivity index (χ3v) is 8.77. The molecule has 33 heavy (non-hydrogen) atoms. The third-order valence-electron chi connectivity index (χ3n) is 4.71. The molecule has 0 saturated heterocycles. The Labute approximate surface area is 198 Å². The highest BCUT2D eigenvalue weighted by Gasteiger charge is 2.40. The Hall–Kier alpha value is -2.12. The highest BCUT2D eigenvalue weighted by molar-refractivity contribution is 7.89. The monoisotopic (exact) mass is 495 g/mol. The maximum atomic E-state index is 13.9. The molecule has 0 bridgehead atoms. The fraction of sp³-hybridized carbons (Fsp3) is 0.417. The molecule has 0 aliphatic rings. The zero-order chi connectivity index (χ0) is 24.6. The second-order valence-electron chi connectivity index (χ2n) is 7.77. The summed E-state index contributed by atoms with van der Waals surface area (Å²) in [4.78, 5) is 0.0933. The van der Waals surface area contributed by atoms with Gasteiger partial charge in [0.25, 0.3) is 10.0 Å². The standard InChI is InChI=1S/C24H34NO6PS/c1-7-30-32(26,31-8-2)24(17-19(3)4)25(18-21-11-13-22(29-6)14-12-21)33(27,28)23-15-9-20(5)10-16-23/h9-17,19H,7-8,18H2,1-6H3/b24-17-. The molecular formula is C24H34NO6PS. The zero-order valence-electron chi connectivity index (χ0n) is 20.1. The first kappa shape index (κ1) is 27.1. The van der Waals surface area contributed by atoms with Crippen LogP contribution in [0.15, 0.2) is 64.9 Å². The van der Waals surface area contributed by atoms with Crippen molar-refractivity contribution >= 4 is 17.6 Å². The van der Waals surface area contributed by atoms with Gasteiger partial charge in [-0.05, 0) is 62.6 Å². The van der Waals surface area contributed by atoms with E-state index in [1.165, 1.54) is 0 Å². The summed E-state index contributed by atoms with van der Waals surface area (Å²) < 4.78 is 59.1. The highest BCUT2D eigenvalue weighted by atomic mass is 32.2. The van der Waals surface area contributed by atoms with E-state index in [9.17, 15) is 13.0 Å². The molecule has 0 atom stereocenters. The van der Waals surface area contributed by atoms with Crippen LogP contribution in [0.4, 0.5) is 0 Å². The van der Waals surface area contributed by atoms with Crippen LogP contribution >= 0.6 is 7.60 Å². The number of methoxy groups -OCH3 is 1. The van der Waals surface area contributed by atoms with Crippen LogP contribution < -0.4 is 4.74 Å². The van der Waals surface area contributed by atoms with E-state index in [4.69, 9.17) is 13.8 Å². The lowest BCUT2D eigenvalue weighted by Crippen LogP contribution is -2.31. The van der Waals surface area contributed by atoms with Gasteiger partial charge in [-0.3, -0.25) is 8.87 Å². The molecule has 0 aromatic heterocycles. The molecule has 9 heteroatoms. The van der Waals surface area contributed by atoms with Crippen LogP contribution in [-0.2, 0) is 30.2 Å². The van der Waals surface area contributed by atoms with Crippen molar-refractivity contribution in [3.63, 3.8) is 0 Å². The van der Waals surface area contributed by atoms with E-state index in [0.29, 0.717) is 11.3 Å². The summed E-state index contributed by atoms with van der Waals surface area (Å²) in [5.41, 5.74) is 1.64. The van der Waals surface area contributed by atoms with Gasteiger partial charge in [-0.2, -0.15) is 0 Å². The van der Waals surface area contributed by atoms with Crippen LogP contribution in [0.5, 0.6) is 5.75 Å². The van der Waals surface area contributed by atoms with E-state index in [0.717, 1.165) is 9.87 Å². The minimum Gasteiger partial charge on any atom is -0.497 e. The van der Waals surface area contributed by atoms with E-state index in [2.05, 4.69) is 0 Å². The Morgan fingerprint density at radius 1 is 1.00 bits per heavy atom. The molecule has 2 aromatic carbocycles. The third kappa shape index (κ3) is 6.93. The molecule has 0 N–H and O–H groups in total. The lowest BCUT2D eigenvalue weighted by atomic mass is 10.2. The number of nitrogens with zero attached hydrogens (tertiary/aromatic N) is 1. The fourth-order valence-corrected chi connectivity index (χ4v) is 6.97. The quantitative estimate of drug-likeness (QED) is 0.338. The van der Waals surface area contributed by atoms with E-state index in [-0.39, 0.29) is 36.0 Å². The number of rotatable bonds is 12. The summed E-state index contributed by atoms with van der Waals surface area (Å²) in [5, 5.41) is 0. The molecular weight excluding hydrogens is 461 g/mol. The number of aryl methyl sites for hydroxylation is 1. The molecule has 2 rings (SSSR count). The van der Waals surface area contributed by atoms with Crippen LogP contribution in [0.25, 0.3) is 0 Å². The molecule has 0 unspecified atom stereocenters. The van der Waals surface area contributed by atoms with E-state index >= 15 is 0 Å². The van der Waals surface area contributed by atoms with Gasteiger partial charge in [0, 0.05) is 0 Å². The first-order valence-corrected chi connectivity index (χ1v) is 13.9. The zero-order valence-corrected chi connectivity index (χ0v) is 21.9. The van der Waals surface area contributed by atoms with Crippen LogP contribution in [0, 0.1) is 12.8 Å². The maximum absolute atomic E-state index is 13.9. The summed E-state index contributed by atoms with van der Waals surface area (Å²) in [6.07, 6.45) is 1.64. The van der Waals surface area contributed by atoms with E-state index < -0.39 is 17.6 Å². The second-order valence-corrected chi connectivity index (χ2v) is 11.6. The summed E-state index contributed by atoms with van der Waals surface area (Å²) >= 11 is 0. The minimum atomic E-state index is -4.09. The van der Waals surface area contributed by atoms with Crippen molar-refractivity contribution in [3.05, 3.63) is 71.2 Å². The van der Waals surface area contributed by atoms with Crippen molar-refractivity contribution in [1.29, 1.82) is 0 Å². The van der Waals surface area contributed by atoms with Gasteiger partial charge >= 0.3 is 7.60 Å². The van der Waals surface area contributed by atoms with Gasteiger partial charge in [-0.1, -0.05) is 43.7 Å². The van der Waals surface area contributed by atoms with Crippen molar-refractivity contribution in [2.45, 2.75) is 46.1 Å². The van der Waals surface area contributed by atoms with E-state index in [1.807, 2.05) is 20.8 Å². The van der Waals surface area contributed by atoms with Gasteiger partial charge in [-0.15, -0.1) is 0 Å². The van der Waals surface area contributed by atoms with Gasteiger partial charge in [0.05, 0.1) is 31.8 Å². The molecule has 0 aliphatic carbocycles. The molecule has 0 radical (unpaired) electrons. The Kier molecular flexibility index (Phi) is 9.73. The number of allylic oxidation sites excluding steroid dienone is 1. The number of ether oxygens (including phenoxy) is 1. The number of sulfonamides is 1. The first-order valence-electron chi connectivity index (χ1n) is 10.9.